The largest absolute Gasteiger partial charge is 0.469 e. The topological polar surface area (TPSA) is 63.2 Å². The van der Waals surface area contributed by atoms with Crippen molar-refractivity contribution in [1.82, 2.24) is 0 Å². The van der Waals surface area contributed by atoms with Crippen LogP contribution in [-0.4, -0.2) is 49.9 Å². The van der Waals surface area contributed by atoms with E-state index in [2.05, 4.69) is 0 Å². The van der Waals surface area contributed by atoms with Crippen molar-refractivity contribution >= 4 is 5.97 Å². The summed E-state index contributed by atoms with van der Waals surface area (Å²) in [7, 11) is 1.41. The van der Waals surface area contributed by atoms with Gasteiger partial charge >= 0.3 is 5.97 Å². The molecule has 1 unspecified atom stereocenters. The summed E-state index contributed by atoms with van der Waals surface area (Å²) in [6.07, 6.45) is -0.786. The third-order valence-corrected chi connectivity index (χ3v) is 5.18. The molecule has 25 heavy (non-hydrogen) atoms. The lowest BCUT2D eigenvalue weighted by molar-refractivity contribution is -0.172. The predicted molar refractivity (Wildman–Crippen MR) is 87.6 cm³/mol. The van der Waals surface area contributed by atoms with Gasteiger partial charge in [-0.1, -0.05) is 30.3 Å². The Morgan fingerprint density at radius 2 is 2.00 bits per heavy atom. The van der Waals surface area contributed by atoms with Gasteiger partial charge in [0.2, 0.25) is 0 Å². The van der Waals surface area contributed by atoms with Crippen molar-refractivity contribution in [1.29, 1.82) is 0 Å². The number of hydrogen-bond acceptors (Lipinski definition) is 6. The zero-order valence-corrected chi connectivity index (χ0v) is 14.7. The molecule has 6 heteroatoms. The quantitative estimate of drug-likeness (QED) is 0.758. The van der Waals surface area contributed by atoms with E-state index in [-0.39, 0.29) is 42.2 Å². The highest BCUT2D eigenvalue weighted by Crippen LogP contribution is 2.55. The van der Waals surface area contributed by atoms with E-state index in [0.29, 0.717) is 13.2 Å². The normalized spacial score (nSPS) is 38.4. The second kappa shape index (κ2) is 6.36. The first kappa shape index (κ1) is 17.0. The smallest absolute Gasteiger partial charge is 0.311 e. The molecule has 6 nitrogen and oxygen atoms in total. The molecule has 1 aliphatic carbocycles. The number of esters is 1. The van der Waals surface area contributed by atoms with Gasteiger partial charge in [-0.3, -0.25) is 4.79 Å². The summed E-state index contributed by atoms with van der Waals surface area (Å²) < 4.78 is 28.8. The van der Waals surface area contributed by atoms with Crippen LogP contribution in [0.25, 0.3) is 0 Å². The minimum absolute atomic E-state index is 0.0217. The van der Waals surface area contributed by atoms with Crippen LogP contribution in [0, 0.1) is 11.8 Å². The highest BCUT2D eigenvalue weighted by molar-refractivity contribution is 5.77. The molecule has 4 rings (SSSR count). The fourth-order valence-corrected chi connectivity index (χ4v) is 3.93. The van der Waals surface area contributed by atoms with Gasteiger partial charge in [-0.05, 0) is 19.4 Å². The molecule has 0 amide bonds. The maximum atomic E-state index is 11.9. The van der Waals surface area contributed by atoms with E-state index in [1.807, 2.05) is 44.2 Å². The standard InChI is InChI=1S/C19H24O6/c1-19(2)23-10-12(25-19)15-17(22-9-11-7-5-4-6-8-11)13-14(16(13)24-15)18(20)21-3/h4-8,12-17H,9-10H2,1-3H3/t12?,13-,14-,15+,16-,17+/m0/s1. The zero-order chi connectivity index (χ0) is 17.6. The van der Waals surface area contributed by atoms with Crippen molar-refractivity contribution in [2.24, 2.45) is 11.8 Å². The Kier molecular flexibility index (Phi) is 4.32. The van der Waals surface area contributed by atoms with E-state index in [1.165, 1.54) is 7.11 Å². The third kappa shape index (κ3) is 3.19. The Morgan fingerprint density at radius 1 is 1.24 bits per heavy atom. The van der Waals surface area contributed by atoms with Crippen molar-refractivity contribution < 1.29 is 28.5 Å². The number of carbonyl (C=O) groups excluding carboxylic acids is 1. The van der Waals surface area contributed by atoms with Crippen LogP contribution in [0.5, 0.6) is 0 Å². The van der Waals surface area contributed by atoms with E-state index in [0.717, 1.165) is 5.56 Å². The van der Waals surface area contributed by atoms with Crippen LogP contribution in [-0.2, 0) is 35.1 Å². The van der Waals surface area contributed by atoms with Gasteiger partial charge in [0.05, 0.1) is 38.4 Å². The summed E-state index contributed by atoms with van der Waals surface area (Å²) in [6, 6.07) is 9.97. The summed E-state index contributed by atoms with van der Waals surface area (Å²) >= 11 is 0. The molecule has 136 valence electrons. The fourth-order valence-electron chi connectivity index (χ4n) is 3.93. The van der Waals surface area contributed by atoms with E-state index < -0.39 is 5.79 Å². The van der Waals surface area contributed by atoms with Crippen molar-refractivity contribution in [3.63, 3.8) is 0 Å². The van der Waals surface area contributed by atoms with Crippen molar-refractivity contribution in [3.05, 3.63) is 35.9 Å². The number of ether oxygens (including phenoxy) is 5. The maximum absolute atomic E-state index is 11.9. The molecule has 0 spiro atoms. The molecule has 2 saturated heterocycles. The molecule has 0 radical (unpaired) electrons. The Bertz CT molecular complexity index is 630. The Balaban J connectivity index is 1.47. The summed E-state index contributed by atoms with van der Waals surface area (Å²) in [6.45, 7) is 4.71. The molecule has 0 N–H and O–H groups in total. The molecule has 3 fully saturated rings. The van der Waals surface area contributed by atoms with Crippen LogP contribution in [0.4, 0.5) is 0 Å². The second-order valence-electron chi connectivity index (χ2n) is 7.32. The van der Waals surface area contributed by atoms with Gasteiger partial charge in [-0.25, -0.2) is 0 Å². The van der Waals surface area contributed by atoms with Gasteiger partial charge in [-0.2, -0.15) is 0 Å². The Hall–Kier alpha value is -1.47. The van der Waals surface area contributed by atoms with Gasteiger partial charge in [0, 0.05) is 5.92 Å². The first-order valence-electron chi connectivity index (χ1n) is 8.71. The molecule has 1 saturated carbocycles. The lowest BCUT2D eigenvalue weighted by Gasteiger charge is -2.28. The average Bonchev–Trinajstić information content (AvgIpc) is 3.00. The van der Waals surface area contributed by atoms with Crippen LogP contribution in [0.1, 0.15) is 19.4 Å². The lowest BCUT2D eigenvalue weighted by atomic mass is 10.0. The molecule has 2 heterocycles. The SMILES string of the molecule is COC(=O)[C@@H]1[C@H]2O[C@H](C3COC(C)(C)O3)[C@H](OCc3ccccc3)[C@H]21. The van der Waals surface area contributed by atoms with Gasteiger partial charge in [-0.15, -0.1) is 0 Å². The van der Waals surface area contributed by atoms with Gasteiger partial charge in [0.15, 0.2) is 5.79 Å². The van der Waals surface area contributed by atoms with Gasteiger partial charge in [0.1, 0.15) is 12.2 Å². The van der Waals surface area contributed by atoms with Crippen molar-refractivity contribution in [3.8, 4) is 0 Å². The molecule has 1 aromatic carbocycles. The second-order valence-corrected chi connectivity index (χ2v) is 7.32. The number of methoxy groups -OCH3 is 1. The summed E-state index contributed by atoms with van der Waals surface area (Å²) in [4.78, 5) is 11.9. The monoisotopic (exact) mass is 348 g/mol. The van der Waals surface area contributed by atoms with Crippen LogP contribution >= 0.6 is 0 Å². The van der Waals surface area contributed by atoms with Crippen molar-refractivity contribution in [2.45, 2.75) is 50.7 Å². The van der Waals surface area contributed by atoms with Crippen molar-refractivity contribution in [2.75, 3.05) is 13.7 Å². The molecule has 3 aliphatic rings. The summed E-state index contributed by atoms with van der Waals surface area (Å²) in [5.74, 6) is -1.07. The molecular formula is C19H24O6. The summed E-state index contributed by atoms with van der Waals surface area (Å²) in [5, 5.41) is 0. The molecular weight excluding hydrogens is 324 g/mol. The van der Waals surface area contributed by atoms with E-state index >= 15 is 0 Å². The number of benzene rings is 1. The third-order valence-electron chi connectivity index (χ3n) is 5.18. The maximum Gasteiger partial charge on any atom is 0.311 e. The minimum Gasteiger partial charge on any atom is -0.469 e. The van der Waals surface area contributed by atoms with E-state index in [1.54, 1.807) is 0 Å². The minimum atomic E-state index is -0.619. The highest BCUT2D eigenvalue weighted by atomic mass is 16.8. The van der Waals surface area contributed by atoms with Gasteiger partial charge < -0.3 is 23.7 Å². The predicted octanol–water partition coefficient (Wildman–Crippen LogP) is 1.91. The van der Waals surface area contributed by atoms with Crippen LogP contribution < -0.4 is 0 Å². The average molecular weight is 348 g/mol. The molecule has 6 atom stereocenters. The summed E-state index contributed by atoms with van der Waals surface area (Å²) in [5.41, 5.74) is 1.09. The first-order chi connectivity index (χ1) is 12.0. The van der Waals surface area contributed by atoms with Gasteiger partial charge in [0.25, 0.3) is 0 Å². The van der Waals surface area contributed by atoms with Crippen LogP contribution in [0.2, 0.25) is 0 Å². The van der Waals surface area contributed by atoms with Crippen LogP contribution in [0.3, 0.4) is 0 Å². The van der Waals surface area contributed by atoms with E-state index in [4.69, 9.17) is 23.7 Å². The van der Waals surface area contributed by atoms with Crippen LogP contribution in [0.15, 0.2) is 30.3 Å². The molecule has 2 aliphatic heterocycles. The number of hydrogen-bond donors (Lipinski definition) is 0. The fraction of sp³-hybridized carbons (Fsp3) is 0.632. The Labute approximate surface area is 147 Å². The van der Waals surface area contributed by atoms with E-state index in [9.17, 15) is 4.79 Å². The highest BCUT2D eigenvalue weighted by Gasteiger charge is 2.69. The lowest BCUT2D eigenvalue weighted by Crippen LogP contribution is -2.42. The number of rotatable bonds is 5. The molecule has 0 bridgehead atoms. The zero-order valence-electron chi connectivity index (χ0n) is 14.7. The number of fused-ring (bicyclic) bond motifs is 1. The number of carbonyl (C=O) groups is 1. The first-order valence-corrected chi connectivity index (χ1v) is 8.71. The molecule has 1 aromatic rings. The molecule has 0 aromatic heterocycles. The Morgan fingerprint density at radius 3 is 2.64 bits per heavy atom.